The molecule has 2 rings (SSSR count). The molecule has 1 heterocycles. The highest BCUT2D eigenvalue weighted by Gasteiger charge is 2.08. The Labute approximate surface area is 104 Å². The van der Waals surface area contributed by atoms with Crippen LogP contribution in [0.3, 0.4) is 0 Å². The number of nitrogens with zero attached hydrogens (tertiary/aromatic N) is 1. The molecule has 1 aromatic carbocycles. The fraction of sp³-hybridized carbons (Fsp3) is 0.467. The second-order valence-corrected chi connectivity index (χ2v) is 4.76. The van der Waals surface area contributed by atoms with Crippen molar-refractivity contribution in [3.05, 3.63) is 36.0 Å². The maximum absolute atomic E-state index is 3.31. The molecule has 0 aliphatic heterocycles. The van der Waals surface area contributed by atoms with E-state index in [2.05, 4.69) is 54.2 Å². The van der Waals surface area contributed by atoms with Crippen LogP contribution >= 0.6 is 0 Å². The Morgan fingerprint density at radius 1 is 1.29 bits per heavy atom. The van der Waals surface area contributed by atoms with E-state index in [1.807, 2.05) is 7.05 Å². The summed E-state index contributed by atoms with van der Waals surface area (Å²) in [6, 6.07) is 9.36. The zero-order valence-electron chi connectivity index (χ0n) is 11.0. The monoisotopic (exact) mass is 230 g/mol. The first-order chi connectivity index (χ1) is 8.26. The topological polar surface area (TPSA) is 17.0 Å². The average molecular weight is 230 g/mol. The van der Waals surface area contributed by atoms with Crippen LogP contribution in [0, 0.1) is 0 Å². The summed E-state index contributed by atoms with van der Waals surface area (Å²) in [5, 5.41) is 4.67. The van der Waals surface area contributed by atoms with Gasteiger partial charge in [-0.15, -0.1) is 0 Å². The van der Waals surface area contributed by atoms with E-state index in [9.17, 15) is 0 Å². The summed E-state index contributed by atoms with van der Waals surface area (Å²) in [5.74, 6) is 0. The van der Waals surface area contributed by atoms with Gasteiger partial charge in [0.2, 0.25) is 0 Å². The number of fused-ring (bicyclic) bond motifs is 1. The summed E-state index contributed by atoms with van der Waals surface area (Å²) in [7, 11) is 2.02. The van der Waals surface area contributed by atoms with Crippen molar-refractivity contribution >= 4 is 10.9 Å². The van der Waals surface area contributed by atoms with E-state index in [1.165, 1.54) is 22.9 Å². The molecule has 2 nitrogen and oxygen atoms in total. The summed E-state index contributed by atoms with van der Waals surface area (Å²) < 4.78 is 2.38. The third-order valence-corrected chi connectivity index (χ3v) is 3.36. The van der Waals surface area contributed by atoms with Crippen molar-refractivity contribution in [2.24, 2.45) is 0 Å². The standard InChI is InChI=1S/C15H22N2/c1-4-9-17-10-8-13-6-5-7-14(15(13)17)11-12(2)16-3/h5-8,10,12,16H,4,9,11H2,1-3H3. The lowest BCUT2D eigenvalue weighted by atomic mass is 10.0. The summed E-state index contributed by atoms with van der Waals surface area (Å²) in [5.41, 5.74) is 2.86. The number of aryl methyl sites for hydroxylation is 1. The van der Waals surface area contributed by atoms with Crippen LogP contribution in [0.15, 0.2) is 30.5 Å². The van der Waals surface area contributed by atoms with E-state index >= 15 is 0 Å². The fourth-order valence-electron chi connectivity index (χ4n) is 2.36. The van der Waals surface area contributed by atoms with E-state index < -0.39 is 0 Å². The molecule has 17 heavy (non-hydrogen) atoms. The van der Waals surface area contributed by atoms with Crippen LogP contribution in [0.25, 0.3) is 10.9 Å². The van der Waals surface area contributed by atoms with Crippen LogP contribution in [0.2, 0.25) is 0 Å². The molecule has 2 heteroatoms. The second kappa shape index (κ2) is 5.37. The van der Waals surface area contributed by atoms with Crippen molar-refractivity contribution in [3.8, 4) is 0 Å². The number of hydrogen-bond donors (Lipinski definition) is 1. The molecule has 0 amide bonds. The first-order valence-corrected chi connectivity index (χ1v) is 6.50. The van der Waals surface area contributed by atoms with Gasteiger partial charge in [-0.2, -0.15) is 0 Å². The predicted octanol–water partition coefficient (Wildman–Crippen LogP) is 3.20. The van der Waals surface area contributed by atoms with E-state index in [1.54, 1.807) is 0 Å². The number of aromatic nitrogens is 1. The summed E-state index contributed by atoms with van der Waals surface area (Å²) in [6.07, 6.45) is 4.48. The molecule has 0 radical (unpaired) electrons. The largest absolute Gasteiger partial charge is 0.347 e. The van der Waals surface area contributed by atoms with Gasteiger partial charge < -0.3 is 9.88 Å². The van der Waals surface area contributed by atoms with Gasteiger partial charge in [-0.25, -0.2) is 0 Å². The summed E-state index contributed by atoms with van der Waals surface area (Å²) in [6.45, 7) is 5.56. The Bertz CT molecular complexity index is 485. The maximum Gasteiger partial charge on any atom is 0.0513 e. The van der Waals surface area contributed by atoms with Gasteiger partial charge in [0.05, 0.1) is 5.52 Å². The summed E-state index contributed by atoms with van der Waals surface area (Å²) in [4.78, 5) is 0. The lowest BCUT2D eigenvalue weighted by molar-refractivity contribution is 0.607. The van der Waals surface area contributed by atoms with Gasteiger partial charge in [0, 0.05) is 18.8 Å². The van der Waals surface area contributed by atoms with Crippen molar-refractivity contribution in [1.29, 1.82) is 0 Å². The molecule has 0 saturated heterocycles. The molecule has 0 aliphatic rings. The van der Waals surface area contributed by atoms with Crippen molar-refractivity contribution in [2.75, 3.05) is 7.05 Å². The SMILES string of the molecule is CCCn1ccc2cccc(CC(C)NC)c21. The zero-order chi connectivity index (χ0) is 12.3. The Morgan fingerprint density at radius 3 is 2.82 bits per heavy atom. The zero-order valence-corrected chi connectivity index (χ0v) is 11.0. The van der Waals surface area contributed by atoms with E-state index in [0.717, 1.165) is 13.0 Å². The number of benzene rings is 1. The number of nitrogens with one attached hydrogen (secondary N) is 1. The first-order valence-electron chi connectivity index (χ1n) is 6.50. The lowest BCUT2D eigenvalue weighted by Gasteiger charge is -2.13. The van der Waals surface area contributed by atoms with Crippen LogP contribution < -0.4 is 5.32 Å². The third-order valence-electron chi connectivity index (χ3n) is 3.36. The molecule has 0 aliphatic carbocycles. The highest BCUT2D eigenvalue weighted by atomic mass is 15.0. The predicted molar refractivity (Wildman–Crippen MR) is 74.5 cm³/mol. The third kappa shape index (κ3) is 2.52. The minimum Gasteiger partial charge on any atom is -0.347 e. The van der Waals surface area contributed by atoms with Gasteiger partial charge in [0.1, 0.15) is 0 Å². The molecule has 0 saturated carbocycles. The normalized spacial score (nSPS) is 13.1. The molecular formula is C15H22N2. The first kappa shape index (κ1) is 12.2. The molecule has 2 aromatic rings. The number of hydrogen-bond acceptors (Lipinski definition) is 1. The summed E-state index contributed by atoms with van der Waals surface area (Å²) >= 11 is 0. The van der Waals surface area contributed by atoms with Gasteiger partial charge in [0.25, 0.3) is 0 Å². The Kier molecular flexibility index (Phi) is 3.85. The van der Waals surface area contributed by atoms with E-state index in [-0.39, 0.29) is 0 Å². The number of rotatable bonds is 5. The molecule has 0 fully saturated rings. The van der Waals surface area contributed by atoms with Crippen LogP contribution in [-0.4, -0.2) is 17.7 Å². The molecule has 1 unspecified atom stereocenters. The quantitative estimate of drug-likeness (QED) is 0.834. The van der Waals surface area contributed by atoms with Gasteiger partial charge in [-0.3, -0.25) is 0 Å². The van der Waals surface area contributed by atoms with Gasteiger partial charge in [0.15, 0.2) is 0 Å². The average Bonchev–Trinajstić information content (AvgIpc) is 2.74. The molecular weight excluding hydrogens is 208 g/mol. The molecule has 1 atom stereocenters. The van der Waals surface area contributed by atoms with Gasteiger partial charge in [-0.1, -0.05) is 25.1 Å². The molecule has 1 N–H and O–H groups in total. The van der Waals surface area contributed by atoms with Crippen LogP contribution in [-0.2, 0) is 13.0 Å². The van der Waals surface area contributed by atoms with Crippen LogP contribution in [0.4, 0.5) is 0 Å². The number of likely N-dealkylation sites (N-methyl/N-ethyl adjacent to an activating group) is 1. The van der Waals surface area contributed by atoms with E-state index in [4.69, 9.17) is 0 Å². The molecule has 0 spiro atoms. The Balaban J connectivity index is 2.42. The Hall–Kier alpha value is -1.28. The Morgan fingerprint density at radius 2 is 2.12 bits per heavy atom. The van der Waals surface area contributed by atoms with Crippen LogP contribution in [0.5, 0.6) is 0 Å². The van der Waals surface area contributed by atoms with E-state index in [0.29, 0.717) is 6.04 Å². The maximum atomic E-state index is 3.31. The smallest absolute Gasteiger partial charge is 0.0513 e. The van der Waals surface area contributed by atoms with Crippen molar-refractivity contribution in [1.82, 2.24) is 9.88 Å². The van der Waals surface area contributed by atoms with Gasteiger partial charge >= 0.3 is 0 Å². The minimum absolute atomic E-state index is 0.519. The fourth-order valence-corrected chi connectivity index (χ4v) is 2.36. The molecule has 92 valence electrons. The highest BCUT2D eigenvalue weighted by Crippen LogP contribution is 2.22. The van der Waals surface area contributed by atoms with Crippen molar-refractivity contribution in [3.63, 3.8) is 0 Å². The van der Waals surface area contributed by atoms with Gasteiger partial charge in [-0.05, 0) is 43.8 Å². The van der Waals surface area contributed by atoms with Crippen LogP contribution in [0.1, 0.15) is 25.8 Å². The van der Waals surface area contributed by atoms with Crippen molar-refractivity contribution < 1.29 is 0 Å². The molecule has 0 bridgehead atoms. The van der Waals surface area contributed by atoms with Crippen molar-refractivity contribution in [2.45, 2.75) is 39.3 Å². The molecule has 1 aromatic heterocycles. The lowest BCUT2D eigenvalue weighted by Crippen LogP contribution is -2.23. The highest BCUT2D eigenvalue weighted by molar-refractivity contribution is 5.83. The number of para-hydroxylation sites is 1. The minimum atomic E-state index is 0.519. The second-order valence-electron chi connectivity index (χ2n) is 4.76.